The lowest BCUT2D eigenvalue weighted by Crippen LogP contribution is -2.14. The summed E-state index contributed by atoms with van der Waals surface area (Å²) >= 11 is 3.80. The van der Waals surface area contributed by atoms with E-state index in [9.17, 15) is 17.6 Å². The van der Waals surface area contributed by atoms with Crippen molar-refractivity contribution in [2.24, 2.45) is 0 Å². The average molecular weight is 489 g/mol. The number of benzene rings is 3. The maximum absolute atomic E-state index is 13.4. The van der Waals surface area contributed by atoms with E-state index in [0.29, 0.717) is 15.8 Å². The summed E-state index contributed by atoms with van der Waals surface area (Å²) < 4.78 is 41.4. The van der Waals surface area contributed by atoms with Crippen LogP contribution in [-0.4, -0.2) is 25.8 Å². The Morgan fingerprint density at radius 1 is 0.969 bits per heavy atom. The number of anilines is 2. The van der Waals surface area contributed by atoms with Gasteiger partial charge in [0.2, 0.25) is 0 Å². The highest BCUT2D eigenvalue weighted by molar-refractivity contribution is 8.19. The molecular weight excluding hydrogens is 467 g/mol. The van der Waals surface area contributed by atoms with Gasteiger partial charge in [0.1, 0.15) is 5.82 Å². The van der Waals surface area contributed by atoms with E-state index in [-0.39, 0.29) is 16.4 Å². The van der Waals surface area contributed by atoms with Gasteiger partial charge in [0.05, 0.1) is 9.48 Å². The van der Waals surface area contributed by atoms with Crippen molar-refractivity contribution in [1.29, 1.82) is 0 Å². The third kappa shape index (κ3) is 5.28. The zero-order valence-corrected chi connectivity index (χ0v) is 19.6. The molecule has 0 bridgehead atoms. The van der Waals surface area contributed by atoms with Gasteiger partial charge in [-0.15, -0.1) is 23.5 Å². The van der Waals surface area contributed by atoms with Crippen LogP contribution in [0.15, 0.2) is 71.6 Å². The van der Waals surface area contributed by atoms with Gasteiger partial charge in [-0.05, 0) is 72.6 Å². The zero-order chi connectivity index (χ0) is 22.7. The minimum Gasteiger partial charge on any atom is -0.322 e. The third-order valence-corrected chi connectivity index (χ3v) is 9.36. The smallest absolute Gasteiger partial charge is 0.261 e. The Bertz CT molecular complexity index is 1240. The monoisotopic (exact) mass is 488 g/mol. The lowest BCUT2D eigenvalue weighted by Gasteiger charge is -2.12. The van der Waals surface area contributed by atoms with Crippen LogP contribution in [0.2, 0.25) is 0 Å². The first-order valence-corrected chi connectivity index (χ1v) is 13.4. The lowest BCUT2D eigenvalue weighted by molar-refractivity contribution is 0.102. The second-order valence-corrected chi connectivity index (χ2v) is 11.7. The number of halogens is 1. The standard InChI is InChI=1S/C23H21FN2O3S3/c1-15-13-20(9-10-21(15)24)32(28,29)26-18-7-5-16(6-8-18)22(27)25-19-4-2-3-17(14-19)23-30-11-12-31-23/h2-10,13-14,23,26H,11-12H2,1H3,(H,25,27). The Hall–Kier alpha value is -2.49. The maximum Gasteiger partial charge on any atom is 0.261 e. The molecule has 1 heterocycles. The van der Waals surface area contributed by atoms with Gasteiger partial charge in [0.15, 0.2) is 0 Å². The molecule has 1 saturated heterocycles. The predicted octanol–water partition coefficient (Wildman–Crippen LogP) is 5.67. The topological polar surface area (TPSA) is 75.3 Å². The molecule has 1 amide bonds. The predicted molar refractivity (Wildman–Crippen MR) is 130 cm³/mol. The quantitative estimate of drug-likeness (QED) is 0.468. The number of rotatable bonds is 6. The molecule has 1 fully saturated rings. The van der Waals surface area contributed by atoms with E-state index < -0.39 is 15.8 Å². The summed E-state index contributed by atoms with van der Waals surface area (Å²) in [6.07, 6.45) is 0. The van der Waals surface area contributed by atoms with Crippen molar-refractivity contribution in [2.45, 2.75) is 16.4 Å². The number of thioether (sulfide) groups is 2. The summed E-state index contributed by atoms with van der Waals surface area (Å²) in [6, 6.07) is 17.6. The molecule has 0 atom stereocenters. The van der Waals surface area contributed by atoms with Gasteiger partial charge >= 0.3 is 0 Å². The molecule has 166 valence electrons. The van der Waals surface area contributed by atoms with Crippen molar-refractivity contribution in [3.8, 4) is 0 Å². The van der Waals surface area contributed by atoms with Crippen molar-refractivity contribution in [2.75, 3.05) is 21.5 Å². The van der Waals surface area contributed by atoms with Gasteiger partial charge in [-0.2, -0.15) is 0 Å². The van der Waals surface area contributed by atoms with E-state index >= 15 is 0 Å². The summed E-state index contributed by atoms with van der Waals surface area (Å²) in [5.41, 5.74) is 2.85. The van der Waals surface area contributed by atoms with Gasteiger partial charge in [-0.1, -0.05) is 12.1 Å². The summed E-state index contributed by atoms with van der Waals surface area (Å²) in [5, 5.41) is 2.90. The molecule has 0 aromatic heterocycles. The minimum atomic E-state index is -3.87. The van der Waals surface area contributed by atoms with Crippen LogP contribution in [0.3, 0.4) is 0 Å². The van der Waals surface area contributed by atoms with Crippen LogP contribution in [0.1, 0.15) is 26.1 Å². The number of nitrogens with one attached hydrogen (secondary N) is 2. The molecule has 3 aromatic carbocycles. The molecular formula is C23H21FN2O3S3. The van der Waals surface area contributed by atoms with E-state index in [2.05, 4.69) is 16.1 Å². The van der Waals surface area contributed by atoms with Gasteiger partial charge in [-0.3, -0.25) is 9.52 Å². The Morgan fingerprint density at radius 2 is 1.69 bits per heavy atom. The van der Waals surface area contributed by atoms with Crippen LogP contribution in [0.5, 0.6) is 0 Å². The lowest BCUT2D eigenvalue weighted by atomic mass is 10.1. The molecule has 2 N–H and O–H groups in total. The molecule has 9 heteroatoms. The number of amides is 1. The van der Waals surface area contributed by atoms with E-state index in [1.54, 1.807) is 12.1 Å². The van der Waals surface area contributed by atoms with E-state index in [1.165, 1.54) is 36.8 Å². The molecule has 3 aromatic rings. The van der Waals surface area contributed by atoms with Gasteiger partial charge in [0, 0.05) is 28.4 Å². The Balaban J connectivity index is 1.43. The second-order valence-electron chi connectivity index (χ2n) is 7.25. The summed E-state index contributed by atoms with van der Waals surface area (Å²) in [4.78, 5) is 12.6. The average Bonchev–Trinajstić information content (AvgIpc) is 3.31. The van der Waals surface area contributed by atoms with Crippen LogP contribution in [0.4, 0.5) is 15.8 Å². The molecule has 5 nitrogen and oxygen atoms in total. The third-order valence-electron chi connectivity index (χ3n) is 4.88. The minimum absolute atomic E-state index is 0.0308. The summed E-state index contributed by atoms with van der Waals surface area (Å²) in [7, 11) is -3.87. The number of sulfonamides is 1. The van der Waals surface area contributed by atoms with E-state index in [4.69, 9.17) is 0 Å². The van der Waals surface area contributed by atoms with Crippen LogP contribution >= 0.6 is 23.5 Å². The Kier molecular flexibility index (Phi) is 6.78. The van der Waals surface area contributed by atoms with Crippen molar-refractivity contribution in [3.05, 3.63) is 89.2 Å². The molecule has 1 aliphatic rings. The SMILES string of the molecule is Cc1cc(S(=O)(=O)Nc2ccc(C(=O)Nc3cccc(C4SCCS4)c3)cc2)ccc1F. The first-order valence-electron chi connectivity index (χ1n) is 9.85. The Labute approximate surface area is 195 Å². The first-order chi connectivity index (χ1) is 15.3. The second kappa shape index (κ2) is 9.56. The normalized spacial score (nSPS) is 14.3. The molecule has 0 spiro atoms. The number of aryl methyl sites for hydroxylation is 1. The highest BCUT2D eigenvalue weighted by atomic mass is 32.2. The fraction of sp³-hybridized carbons (Fsp3) is 0.174. The highest BCUT2D eigenvalue weighted by Crippen LogP contribution is 2.45. The fourth-order valence-electron chi connectivity index (χ4n) is 3.21. The largest absolute Gasteiger partial charge is 0.322 e. The molecule has 0 aliphatic carbocycles. The van der Waals surface area contributed by atoms with Gasteiger partial charge < -0.3 is 5.32 Å². The van der Waals surface area contributed by atoms with E-state index in [0.717, 1.165) is 23.3 Å². The van der Waals surface area contributed by atoms with Gasteiger partial charge in [-0.25, -0.2) is 12.8 Å². The molecule has 0 saturated carbocycles. The van der Waals surface area contributed by atoms with Gasteiger partial charge in [0.25, 0.3) is 15.9 Å². The maximum atomic E-state index is 13.4. The van der Waals surface area contributed by atoms with E-state index in [1.807, 2.05) is 41.7 Å². The summed E-state index contributed by atoms with van der Waals surface area (Å²) in [6.45, 7) is 1.50. The first kappa shape index (κ1) is 22.7. The van der Waals surface area contributed by atoms with Crippen molar-refractivity contribution >= 4 is 50.8 Å². The number of hydrogen-bond donors (Lipinski definition) is 2. The highest BCUT2D eigenvalue weighted by Gasteiger charge is 2.19. The number of hydrogen-bond acceptors (Lipinski definition) is 5. The van der Waals surface area contributed by atoms with Crippen LogP contribution in [0, 0.1) is 12.7 Å². The molecule has 4 rings (SSSR count). The number of carbonyl (C=O) groups is 1. The van der Waals surface area contributed by atoms with Crippen LogP contribution < -0.4 is 10.0 Å². The molecule has 0 radical (unpaired) electrons. The van der Waals surface area contributed by atoms with Crippen molar-refractivity contribution in [3.63, 3.8) is 0 Å². The molecule has 32 heavy (non-hydrogen) atoms. The van der Waals surface area contributed by atoms with Crippen molar-refractivity contribution in [1.82, 2.24) is 0 Å². The number of carbonyl (C=O) groups excluding carboxylic acids is 1. The zero-order valence-electron chi connectivity index (χ0n) is 17.2. The van der Waals surface area contributed by atoms with Crippen LogP contribution in [0.25, 0.3) is 0 Å². The van der Waals surface area contributed by atoms with Crippen LogP contribution in [-0.2, 0) is 10.0 Å². The molecule has 1 aliphatic heterocycles. The fourth-order valence-corrected chi connectivity index (χ4v) is 7.19. The Morgan fingerprint density at radius 3 is 2.38 bits per heavy atom. The summed E-state index contributed by atoms with van der Waals surface area (Å²) in [5.74, 6) is 1.51. The van der Waals surface area contributed by atoms with Crippen molar-refractivity contribution < 1.29 is 17.6 Å². The molecule has 0 unspecified atom stereocenters.